The van der Waals surface area contributed by atoms with Gasteiger partial charge in [-0.1, -0.05) is 11.6 Å². The summed E-state index contributed by atoms with van der Waals surface area (Å²) in [7, 11) is 0. The number of H-pyrrole nitrogens is 1. The molecule has 1 rings (SSSR count). The van der Waals surface area contributed by atoms with E-state index >= 15 is 0 Å². The molecule has 1 amide bonds. The van der Waals surface area contributed by atoms with Crippen LogP contribution in [0.4, 0.5) is 0 Å². The molecular weight excluding hydrogens is 170 g/mol. The zero-order valence-electron chi connectivity index (χ0n) is 5.28. The number of carbonyl (C=O) groups excluding carboxylic acids is 1. The van der Waals surface area contributed by atoms with Crippen molar-refractivity contribution in [2.45, 2.75) is 0 Å². The van der Waals surface area contributed by atoms with Gasteiger partial charge < -0.3 is 5.32 Å². The van der Waals surface area contributed by atoms with Crippen LogP contribution in [0.5, 0.6) is 0 Å². The van der Waals surface area contributed by atoms with Gasteiger partial charge in [0.2, 0.25) is 6.41 Å². The van der Waals surface area contributed by atoms with Crippen molar-refractivity contribution in [3.63, 3.8) is 0 Å². The van der Waals surface area contributed by atoms with E-state index in [1.54, 1.807) is 0 Å². The molecule has 0 aliphatic carbocycles. The average molecular weight is 174 g/mol. The van der Waals surface area contributed by atoms with E-state index in [1.165, 1.54) is 6.08 Å². The maximum Gasteiger partial charge on any atom is 0.212 e. The predicted molar refractivity (Wildman–Crippen MR) is 37.2 cm³/mol. The fourth-order valence-electron chi connectivity index (χ4n) is 0.442. The summed E-state index contributed by atoms with van der Waals surface area (Å²) >= 11 is 5.47. The van der Waals surface area contributed by atoms with Gasteiger partial charge in [0.15, 0.2) is 5.82 Å². The lowest BCUT2D eigenvalue weighted by Crippen LogP contribution is -2.04. The fraction of sp³-hybridized carbons (Fsp3) is 0. The number of rotatable bonds is 3. The molecule has 0 saturated heterocycles. The Balaban J connectivity index is 2.65. The summed E-state index contributed by atoms with van der Waals surface area (Å²) in [6, 6.07) is 0. The molecule has 0 aromatic carbocycles. The number of tetrazole rings is 1. The summed E-state index contributed by atoms with van der Waals surface area (Å²) in [6.07, 6.45) is 1.82. The first kappa shape index (κ1) is 7.67. The third-order valence-corrected chi connectivity index (χ3v) is 1.03. The number of nitrogens with one attached hydrogen (secondary N) is 2. The van der Waals surface area contributed by atoms with Crippen molar-refractivity contribution in [1.29, 1.82) is 0 Å². The standard InChI is InChI=1S/C4H4ClN5O/c5-3(6-2-11)1-4-7-9-10-8-4/h1-2H,(H,6,11)(H,7,8,9,10)/b3-1-. The summed E-state index contributed by atoms with van der Waals surface area (Å²) in [5.41, 5.74) is 0. The van der Waals surface area contributed by atoms with Gasteiger partial charge in [-0.2, -0.15) is 5.21 Å². The Morgan fingerprint density at radius 1 is 1.73 bits per heavy atom. The smallest absolute Gasteiger partial charge is 0.212 e. The molecule has 1 heterocycles. The van der Waals surface area contributed by atoms with Gasteiger partial charge in [-0.25, -0.2) is 0 Å². The van der Waals surface area contributed by atoms with Crippen LogP contribution in [-0.4, -0.2) is 27.0 Å². The molecule has 0 saturated carbocycles. The van der Waals surface area contributed by atoms with Crippen LogP contribution in [0.3, 0.4) is 0 Å². The summed E-state index contributed by atoms with van der Waals surface area (Å²) in [4.78, 5) is 9.84. The molecule has 0 bridgehead atoms. The Morgan fingerprint density at radius 3 is 3.09 bits per heavy atom. The normalized spacial score (nSPS) is 11.2. The Hall–Kier alpha value is -1.43. The molecule has 0 radical (unpaired) electrons. The van der Waals surface area contributed by atoms with Crippen molar-refractivity contribution >= 4 is 24.1 Å². The van der Waals surface area contributed by atoms with Crippen LogP contribution >= 0.6 is 11.6 Å². The fourth-order valence-corrected chi connectivity index (χ4v) is 0.584. The van der Waals surface area contributed by atoms with Crippen LogP contribution in [0.1, 0.15) is 5.82 Å². The minimum atomic E-state index is 0.140. The Kier molecular flexibility index (Phi) is 2.56. The van der Waals surface area contributed by atoms with Crippen LogP contribution in [-0.2, 0) is 4.79 Å². The van der Waals surface area contributed by atoms with Crippen molar-refractivity contribution in [2.24, 2.45) is 0 Å². The summed E-state index contributed by atoms with van der Waals surface area (Å²) in [5, 5.41) is 15.0. The average Bonchev–Trinajstić information content (AvgIpc) is 2.40. The number of amides is 1. The quantitative estimate of drug-likeness (QED) is 0.476. The molecule has 0 atom stereocenters. The van der Waals surface area contributed by atoms with E-state index in [1.807, 2.05) is 0 Å². The Bertz CT molecular complexity index is 255. The van der Waals surface area contributed by atoms with Gasteiger partial charge >= 0.3 is 0 Å². The van der Waals surface area contributed by atoms with Gasteiger partial charge in [-0.05, 0) is 5.21 Å². The molecule has 1 aromatic heterocycles. The molecule has 0 unspecified atom stereocenters. The molecule has 1 aromatic rings. The van der Waals surface area contributed by atoms with Gasteiger partial charge in [0, 0.05) is 6.08 Å². The lowest BCUT2D eigenvalue weighted by atomic mass is 10.6. The highest BCUT2D eigenvalue weighted by molar-refractivity contribution is 6.31. The zero-order chi connectivity index (χ0) is 8.10. The van der Waals surface area contributed by atoms with E-state index in [0.717, 1.165) is 0 Å². The van der Waals surface area contributed by atoms with E-state index in [0.29, 0.717) is 12.2 Å². The minimum Gasteiger partial charge on any atom is -0.319 e. The van der Waals surface area contributed by atoms with Crippen LogP contribution < -0.4 is 5.32 Å². The van der Waals surface area contributed by atoms with Crippen LogP contribution in [0.15, 0.2) is 5.16 Å². The maximum absolute atomic E-state index is 9.84. The lowest BCUT2D eigenvalue weighted by molar-refractivity contribution is -0.108. The third-order valence-electron chi connectivity index (χ3n) is 0.814. The minimum absolute atomic E-state index is 0.140. The van der Waals surface area contributed by atoms with Crippen molar-refractivity contribution in [1.82, 2.24) is 25.9 Å². The van der Waals surface area contributed by atoms with Crippen LogP contribution in [0.25, 0.3) is 6.08 Å². The molecule has 11 heavy (non-hydrogen) atoms. The van der Waals surface area contributed by atoms with E-state index in [4.69, 9.17) is 11.6 Å². The Labute approximate surface area is 66.6 Å². The van der Waals surface area contributed by atoms with Gasteiger partial charge in [0.05, 0.1) is 0 Å². The third kappa shape index (κ3) is 2.34. The second kappa shape index (κ2) is 3.67. The van der Waals surface area contributed by atoms with E-state index in [-0.39, 0.29) is 5.16 Å². The second-order valence-electron chi connectivity index (χ2n) is 1.52. The van der Waals surface area contributed by atoms with E-state index in [2.05, 4.69) is 25.9 Å². The molecule has 0 fully saturated rings. The Morgan fingerprint density at radius 2 is 2.55 bits per heavy atom. The highest BCUT2D eigenvalue weighted by Crippen LogP contribution is 1.99. The first-order valence-corrected chi connectivity index (χ1v) is 3.01. The molecule has 58 valence electrons. The van der Waals surface area contributed by atoms with Crippen LogP contribution in [0, 0.1) is 0 Å². The molecule has 0 aliphatic rings. The van der Waals surface area contributed by atoms with Crippen molar-refractivity contribution in [2.75, 3.05) is 0 Å². The monoisotopic (exact) mass is 173 g/mol. The molecule has 0 spiro atoms. The number of hydrogen-bond acceptors (Lipinski definition) is 4. The topological polar surface area (TPSA) is 83.6 Å². The van der Waals surface area contributed by atoms with Crippen molar-refractivity contribution < 1.29 is 4.79 Å². The first-order chi connectivity index (χ1) is 5.33. The first-order valence-electron chi connectivity index (χ1n) is 2.64. The number of aromatic amines is 1. The highest BCUT2D eigenvalue weighted by Gasteiger charge is 1.94. The second-order valence-corrected chi connectivity index (χ2v) is 1.93. The van der Waals surface area contributed by atoms with Crippen molar-refractivity contribution in [3.05, 3.63) is 11.0 Å². The highest BCUT2D eigenvalue weighted by atomic mass is 35.5. The molecule has 2 N–H and O–H groups in total. The summed E-state index contributed by atoms with van der Waals surface area (Å²) in [5.74, 6) is 0.310. The molecule has 7 heteroatoms. The maximum atomic E-state index is 9.84. The SMILES string of the molecule is O=CN/C(Cl)=C\c1nn[nH]n1. The largest absolute Gasteiger partial charge is 0.319 e. The number of aromatic nitrogens is 4. The number of hydrogen-bond donors (Lipinski definition) is 2. The molecule has 0 aliphatic heterocycles. The van der Waals surface area contributed by atoms with E-state index in [9.17, 15) is 4.79 Å². The van der Waals surface area contributed by atoms with Gasteiger partial charge in [-0.3, -0.25) is 4.79 Å². The van der Waals surface area contributed by atoms with Gasteiger partial charge in [0.1, 0.15) is 5.16 Å². The number of carbonyl (C=O) groups is 1. The number of halogens is 1. The zero-order valence-corrected chi connectivity index (χ0v) is 6.04. The predicted octanol–water partition coefficient (Wildman–Crippen LogP) is -0.517. The number of nitrogens with zero attached hydrogens (tertiary/aromatic N) is 3. The van der Waals surface area contributed by atoms with E-state index < -0.39 is 0 Å². The van der Waals surface area contributed by atoms with Crippen LogP contribution in [0.2, 0.25) is 0 Å². The summed E-state index contributed by atoms with van der Waals surface area (Å²) < 4.78 is 0. The summed E-state index contributed by atoms with van der Waals surface area (Å²) in [6.45, 7) is 0. The molecule has 6 nitrogen and oxygen atoms in total. The molecular formula is C4H4ClN5O. The van der Waals surface area contributed by atoms with Gasteiger partial charge in [-0.15, -0.1) is 10.2 Å². The van der Waals surface area contributed by atoms with Gasteiger partial charge in [0.25, 0.3) is 0 Å². The van der Waals surface area contributed by atoms with Crippen molar-refractivity contribution in [3.8, 4) is 0 Å². The lowest BCUT2D eigenvalue weighted by Gasteiger charge is -1.89.